The van der Waals surface area contributed by atoms with E-state index >= 15 is 0 Å². The monoisotopic (exact) mass is 394 g/mol. The van der Waals surface area contributed by atoms with Gasteiger partial charge in [-0.2, -0.15) is 0 Å². The molecule has 3 aromatic rings. The molecule has 0 aliphatic heterocycles. The standard InChI is InChI=1S/C23H26N2O4/c1-16-20(24-22(29-16)18-7-5-4-6-8-18)13-14-28-19-11-9-17(10-12-19)15-21(23(26)27)25(2)3/h4-12,21H,13-15H2,1-3H3,(H,26,27). The summed E-state index contributed by atoms with van der Waals surface area (Å²) in [6, 6.07) is 16.8. The van der Waals surface area contributed by atoms with Crippen molar-refractivity contribution in [3.63, 3.8) is 0 Å². The van der Waals surface area contributed by atoms with Crippen molar-refractivity contribution in [2.75, 3.05) is 20.7 Å². The number of hydrogen-bond acceptors (Lipinski definition) is 5. The number of carboxylic acid groups (broad SMARTS) is 1. The Bertz CT molecular complexity index is 933. The van der Waals surface area contributed by atoms with Crippen molar-refractivity contribution in [3.05, 3.63) is 71.6 Å². The van der Waals surface area contributed by atoms with E-state index in [1.165, 1.54) is 0 Å². The first-order valence-corrected chi connectivity index (χ1v) is 9.56. The number of nitrogens with zero attached hydrogens (tertiary/aromatic N) is 2. The fourth-order valence-corrected chi connectivity index (χ4v) is 3.07. The SMILES string of the molecule is Cc1oc(-c2ccccc2)nc1CCOc1ccc(CC(C(=O)O)N(C)C)cc1. The normalized spacial score (nSPS) is 12.1. The van der Waals surface area contributed by atoms with Crippen LogP contribution in [0.15, 0.2) is 59.0 Å². The molecule has 0 bridgehead atoms. The molecule has 0 radical (unpaired) electrons. The zero-order chi connectivity index (χ0) is 20.8. The second kappa shape index (κ2) is 9.39. The number of ether oxygens (including phenoxy) is 1. The third kappa shape index (κ3) is 5.45. The molecule has 0 saturated heterocycles. The minimum absolute atomic E-state index is 0.447. The van der Waals surface area contributed by atoms with Crippen molar-refractivity contribution < 1.29 is 19.1 Å². The van der Waals surface area contributed by atoms with Crippen LogP contribution in [0, 0.1) is 6.92 Å². The fraction of sp³-hybridized carbons (Fsp3) is 0.304. The van der Waals surface area contributed by atoms with Gasteiger partial charge in [0.1, 0.15) is 17.6 Å². The number of likely N-dealkylation sites (N-methyl/N-ethyl adjacent to an activating group) is 1. The lowest BCUT2D eigenvalue weighted by Gasteiger charge is -2.20. The van der Waals surface area contributed by atoms with Gasteiger partial charge in [0, 0.05) is 12.0 Å². The molecule has 29 heavy (non-hydrogen) atoms. The smallest absolute Gasteiger partial charge is 0.321 e. The van der Waals surface area contributed by atoms with Gasteiger partial charge in [0.15, 0.2) is 0 Å². The van der Waals surface area contributed by atoms with Crippen LogP contribution in [0.1, 0.15) is 17.0 Å². The number of aliphatic carboxylic acids is 1. The molecule has 1 heterocycles. The predicted octanol–water partition coefficient (Wildman–Crippen LogP) is 3.83. The molecule has 152 valence electrons. The lowest BCUT2D eigenvalue weighted by atomic mass is 10.1. The highest BCUT2D eigenvalue weighted by Gasteiger charge is 2.20. The number of aryl methyl sites for hydroxylation is 1. The Morgan fingerprint density at radius 1 is 1.14 bits per heavy atom. The van der Waals surface area contributed by atoms with Crippen LogP contribution in [0.4, 0.5) is 0 Å². The molecular weight excluding hydrogens is 368 g/mol. The van der Waals surface area contributed by atoms with Gasteiger partial charge in [-0.05, 0) is 57.3 Å². The van der Waals surface area contributed by atoms with Crippen molar-refractivity contribution in [1.29, 1.82) is 0 Å². The Morgan fingerprint density at radius 3 is 2.45 bits per heavy atom. The lowest BCUT2D eigenvalue weighted by molar-refractivity contribution is -0.142. The van der Waals surface area contributed by atoms with Crippen molar-refractivity contribution in [3.8, 4) is 17.2 Å². The van der Waals surface area contributed by atoms with Gasteiger partial charge in [-0.25, -0.2) is 4.98 Å². The molecule has 1 N–H and O–H groups in total. The molecule has 1 aromatic heterocycles. The van der Waals surface area contributed by atoms with E-state index in [-0.39, 0.29) is 0 Å². The number of carbonyl (C=O) groups is 1. The maximum absolute atomic E-state index is 11.3. The quantitative estimate of drug-likeness (QED) is 0.594. The first kappa shape index (κ1) is 20.6. The van der Waals surface area contributed by atoms with E-state index in [9.17, 15) is 9.90 Å². The van der Waals surface area contributed by atoms with Gasteiger partial charge in [0.05, 0.1) is 12.3 Å². The molecule has 6 heteroatoms. The van der Waals surface area contributed by atoms with E-state index in [2.05, 4.69) is 4.98 Å². The molecule has 0 spiro atoms. The van der Waals surface area contributed by atoms with E-state index in [4.69, 9.17) is 9.15 Å². The number of carboxylic acids is 1. The fourth-order valence-electron chi connectivity index (χ4n) is 3.07. The lowest BCUT2D eigenvalue weighted by Crippen LogP contribution is -2.37. The van der Waals surface area contributed by atoms with Gasteiger partial charge < -0.3 is 14.3 Å². The number of benzene rings is 2. The Morgan fingerprint density at radius 2 is 1.83 bits per heavy atom. The second-order valence-corrected chi connectivity index (χ2v) is 7.15. The van der Waals surface area contributed by atoms with Crippen molar-refractivity contribution in [1.82, 2.24) is 9.88 Å². The summed E-state index contributed by atoms with van der Waals surface area (Å²) in [6.07, 6.45) is 1.09. The zero-order valence-electron chi connectivity index (χ0n) is 17.0. The molecule has 0 amide bonds. The summed E-state index contributed by atoms with van der Waals surface area (Å²) in [7, 11) is 3.54. The molecule has 6 nitrogen and oxygen atoms in total. The summed E-state index contributed by atoms with van der Waals surface area (Å²) in [5.41, 5.74) is 2.80. The molecule has 0 aliphatic carbocycles. The van der Waals surface area contributed by atoms with Gasteiger partial charge in [-0.15, -0.1) is 0 Å². The molecule has 1 atom stereocenters. The third-order valence-electron chi connectivity index (χ3n) is 4.78. The van der Waals surface area contributed by atoms with Gasteiger partial charge in [-0.1, -0.05) is 30.3 Å². The van der Waals surface area contributed by atoms with Crippen LogP contribution >= 0.6 is 0 Å². The van der Waals surface area contributed by atoms with Crippen LogP contribution in [0.3, 0.4) is 0 Å². The Kier molecular flexibility index (Phi) is 6.67. The van der Waals surface area contributed by atoms with Gasteiger partial charge >= 0.3 is 5.97 Å². The van der Waals surface area contributed by atoms with E-state index in [1.807, 2.05) is 61.5 Å². The van der Waals surface area contributed by atoms with Crippen LogP contribution in [0.5, 0.6) is 5.75 Å². The number of rotatable bonds is 9. The van der Waals surface area contributed by atoms with Crippen molar-refractivity contribution >= 4 is 5.97 Å². The van der Waals surface area contributed by atoms with Gasteiger partial charge in [0.25, 0.3) is 0 Å². The molecule has 0 saturated carbocycles. The molecule has 1 unspecified atom stereocenters. The molecule has 3 rings (SSSR count). The average molecular weight is 394 g/mol. The third-order valence-corrected chi connectivity index (χ3v) is 4.78. The van der Waals surface area contributed by atoms with Crippen LogP contribution in [-0.4, -0.2) is 47.7 Å². The maximum atomic E-state index is 11.3. The average Bonchev–Trinajstić information content (AvgIpc) is 3.08. The molecule has 0 fully saturated rings. The summed E-state index contributed by atoms with van der Waals surface area (Å²) in [5.74, 6) is 1.34. The summed E-state index contributed by atoms with van der Waals surface area (Å²) in [4.78, 5) is 17.6. The van der Waals surface area contributed by atoms with Gasteiger partial charge in [0.2, 0.25) is 5.89 Å². The molecule has 2 aromatic carbocycles. The summed E-state index contributed by atoms with van der Waals surface area (Å²) in [5, 5.41) is 9.30. The number of oxazole rings is 1. The molecule has 0 aliphatic rings. The maximum Gasteiger partial charge on any atom is 0.321 e. The van der Waals surface area contributed by atoms with Gasteiger partial charge in [-0.3, -0.25) is 9.69 Å². The summed E-state index contributed by atoms with van der Waals surface area (Å²) in [6.45, 7) is 2.39. The van der Waals surface area contributed by atoms with E-state index in [1.54, 1.807) is 19.0 Å². The minimum Gasteiger partial charge on any atom is -0.493 e. The minimum atomic E-state index is -0.826. The van der Waals surface area contributed by atoms with Crippen LogP contribution < -0.4 is 4.74 Å². The number of hydrogen-bond donors (Lipinski definition) is 1. The summed E-state index contributed by atoms with van der Waals surface area (Å²) >= 11 is 0. The van der Waals surface area contributed by atoms with Crippen molar-refractivity contribution in [2.45, 2.75) is 25.8 Å². The van der Waals surface area contributed by atoms with Crippen LogP contribution in [0.25, 0.3) is 11.5 Å². The number of aromatic nitrogens is 1. The Balaban J connectivity index is 1.55. The Labute approximate surface area is 170 Å². The topological polar surface area (TPSA) is 75.8 Å². The first-order valence-electron chi connectivity index (χ1n) is 9.56. The van der Waals surface area contributed by atoms with Crippen LogP contribution in [-0.2, 0) is 17.6 Å². The molecular formula is C23H26N2O4. The largest absolute Gasteiger partial charge is 0.493 e. The zero-order valence-corrected chi connectivity index (χ0v) is 17.0. The van der Waals surface area contributed by atoms with Crippen molar-refractivity contribution in [2.24, 2.45) is 0 Å². The van der Waals surface area contributed by atoms with E-state index < -0.39 is 12.0 Å². The highest BCUT2D eigenvalue weighted by Crippen LogP contribution is 2.22. The first-order chi connectivity index (χ1) is 13.9. The van der Waals surface area contributed by atoms with E-state index in [0.717, 1.165) is 28.3 Å². The Hall–Kier alpha value is -3.12. The highest BCUT2D eigenvalue weighted by atomic mass is 16.5. The second-order valence-electron chi connectivity index (χ2n) is 7.15. The van der Waals surface area contributed by atoms with Crippen LogP contribution in [0.2, 0.25) is 0 Å². The predicted molar refractivity (Wildman–Crippen MR) is 111 cm³/mol. The summed E-state index contributed by atoms with van der Waals surface area (Å²) < 4.78 is 11.6. The highest BCUT2D eigenvalue weighted by molar-refractivity contribution is 5.73. The van der Waals surface area contributed by atoms with E-state index in [0.29, 0.717) is 25.3 Å².